The molecule has 0 fully saturated rings. The van der Waals surface area contributed by atoms with Crippen LogP contribution in [0.15, 0.2) is 0 Å². The topological polar surface area (TPSA) is 66.8 Å². The molecular formula is C15H35NO4S. The van der Waals surface area contributed by atoms with Crippen LogP contribution in [0, 0.1) is 0 Å². The molecule has 130 valence electrons. The van der Waals surface area contributed by atoms with E-state index >= 15 is 0 Å². The van der Waals surface area contributed by atoms with Gasteiger partial charge in [-0.1, -0.05) is 64.7 Å². The first-order valence-corrected chi connectivity index (χ1v) is 9.37. The Hall–Kier alpha value is -0.170. The summed E-state index contributed by atoms with van der Waals surface area (Å²) in [5.41, 5.74) is 0. The number of rotatable bonds is 12. The zero-order valence-electron chi connectivity index (χ0n) is 14.3. The fraction of sp³-hybridized carbons (Fsp3) is 1.00. The Balaban J connectivity index is 0. The van der Waals surface area contributed by atoms with Crippen LogP contribution in [0.5, 0.6) is 0 Å². The van der Waals surface area contributed by atoms with E-state index < -0.39 is 10.4 Å². The second-order valence-corrected chi connectivity index (χ2v) is 6.77. The van der Waals surface area contributed by atoms with Crippen LogP contribution in [-0.4, -0.2) is 45.6 Å². The van der Waals surface area contributed by atoms with Gasteiger partial charge in [0.1, 0.15) is 0 Å². The molecule has 0 saturated carbocycles. The third-order valence-electron chi connectivity index (χ3n) is 3.17. The van der Waals surface area contributed by atoms with Gasteiger partial charge in [-0.15, -0.1) is 0 Å². The maximum absolute atomic E-state index is 9.33. The van der Waals surface area contributed by atoms with Gasteiger partial charge in [-0.2, -0.15) is 8.42 Å². The average Bonchev–Trinajstić information content (AvgIpc) is 2.40. The van der Waals surface area contributed by atoms with Crippen molar-refractivity contribution < 1.29 is 17.2 Å². The molecule has 0 atom stereocenters. The van der Waals surface area contributed by atoms with Crippen LogP contribution >= 0.6 is 0 Å². The first kappa shape index (κ1) is 23.1. The van der Waals surface area contributed by atoms with E-state index in [1.54, 1.807) is 0 Å². The molecule has 0 spiro atoms. The third kappa shape index (κ3) is 28.7. The van der Waals surface area contributed by atoms with Gasteiger partial charge in [-0.25, -0.2) is 0 Å². The van der Waals surface area contributed by atoms with E-state index in [1.807, 2.05) is 0 Å². The second-order valence-electron chi connectivity index (χ2n) is 5.58. The molecule has 0 aliphatic carbocycles. The highest BCUT2D eigenvalue weighted by Crippen LogP contribution is 2.10. The molecule has 0 aliphatic heterocycles. The molecule has 0 rings (SSSR count). The average molecular weight is 326 g/mol. The predicted molar refractivity (Wildman–Crippen MR) is 89.0 cm³/mol. The Morgan fingerprint density at radius 2 is 1.19 bits per heavy atom. The lowest BCUT2D eigenvalue weighted by Crippen LogP contribution is -2.12. The maximum Gasteiger partial charge on any atom is 0.397 e. The minimum absolute atomic E-state index is 0.870. The van der Waals surface area contributed by atoms with E-state index in [9.17, 15) is 8.42 Å². The Kier molecular flexibility index (Phi) is 17.8. The lowest BCUT2D eigenvalue weighted by atomic mass is 10.1. The van der Waals surface area contributed by atoms with E-state index in [-0.39, 0.29) is 0 Å². The Morgan fingerprint density at radius 1 is 0.857 bits per heavy atom. The molecule has 6 heteroatoms. The smallest absolute Gasteiger partial charge is 0.309 e. The van der Waals surface area contributed by atoms with E-state index in [0.717, 1.165) is 7.11 Å². The maximum atomic E-state index is 9.33. The standard InChI is InChI=1S/C14H31N.CH4O4S/c1-4-5-6-7-8-9-10-11-12-13-14-15(2)3;1-5-6(2,3)4/h4-14H2,1-3H3;1H3,(H,2,3,4). The number of unbranched alkanes of at least 4 members (excludes halogenated alkanes) is 9. The minimum atomic E-state index is -4.16. The highest BCUT2D eigenvalue weighted by molar-refractivity contribution is 7.80. The van der Waals surface area contributed by atoms with E-state index in [4.69, 9.17) is 4.55 Å². The summed E-state index contributed by atoms with van der Waals surface area (Å²) in [5, 5.41) is 0. The van der Waals surface area contributed by atoms with Crippen molar-refractivity contribution in [1.29, 1.82) is 0 Å². The summed E-state index contributed by atoms with van der Waals surface area (Å²) in [6, 6.07) is 0. The van der Waals surface area contributed by atoms with Gasteiger partial charge >= 0.3 is 10.4 Å². The summed E-state index contributed by atoms with van der Waals surface area (Å²) in [5.74, 6) is 0. The van der Waals surface area contributed by atoms with Gasteiger partial charge < -0.3 is 4.90 Å². The zero-order chi connectivity index (χ0) is 16.6. The van der Waals surface area contributed by atoms with Crippen LogP contribution < -0.4 is 0 Å². The summed E-state index contributed by atoms with van der Waals surface area (Å²) < 4.78 is 29.7. The molecule has 0 unspecified atom stereocenters. The van der Waals surface area contributed by atoms with Gasteiger partial charge in [0, 0.05) is 0 Å². The molecule has 0 aromatic rings. The van der Waals surface area contributed by atoms with Gasteiger partial charge in [-0.05, 0) is 27.1 Å². The van der Waals surface area contributed by atoms with Crippen molar-refractivity contribution >= 4 is 10.4 Å². The molecule has 0 saturated heterocycles. The lowest BCUT2D eigenvalue weighted by Gasteiger charge is -2.08. The summed E-state index contributed by atoms with van der Waals surface area (Å²) in [4.78, 5) is 2.28. The summed E-state index contributed by atoms with van der Waals surface area (Å²) in [6.07, 6.45) is 14.4. The van der Waals surface area contributed by atoms with Gasteiger partial charge in [0.05, 0.1) is 7.11 Å². The Bertz CT molecular complexity index is 292. The SMILES string of the molecule is CCCCCCCCCCCCN(C)C.COS(=O)(=O)O. The monoisotopic (exact) mass is 325 g/mol. The number of hydrogen-bond acceptors (Lipinski definition) is 4. The highest BCUT2D eigenvalue weighted by Gasteiger charge is 1.94. The lowest BCUT2D eigenvalue weighted by molar-refractivity contribution is 0.324. The van der Waals surface area contributed by atoms with E-state index in [2.05, 4.69) is 30.1 Å². The Labute approximate surface area is 132 Å². The number of nitrogens with zero attached hydrogens (tertiary/aromatic N) is 1. The van der Waals surface area contributed by atoms with E-state index in [1.165, 1.54) is 70.8 Å². The number of hydrogen-bond donors (Lipinski definition) is 1. The van der Waals surface area contributed by atoms with Crippen molar-refractivity contribution in [1.82, 2.24) is 4.90 Å². The van der Waals surface area contributed by atoms with Crippen LogP contribution in [0.3, 0.4) is 0 Å². The second kappa shape index (κ2) is 16.2. The molecule has 5 nitrogen and oxygen atoms in total. The first-order valence-electron chi connectivity index (χ1n) is 8.01. The molecule has 0 bridgehead atoms. The summed E-state index contributed by atoms with van der Waals surface area (Å²) >= 11 is 0. The molecule has 0 heterocycles. The van der Waals surface area contributed by atoms with Gasteiger partial charge in [0.2, 0.25) is 0 Å². The molecule has 0 amide bonds. The third-order valence-corrected chi connectivity index (χ3v) is 3.59. The molecule has 21 heavy (non-hydrogen) atoms. The highest BCUT2D eigenvalue weighted by atomic mass is 32.3. The first-order chi connectivity index (χ1) is 9.83. The summed E-state index contributed by atoms with van der Waals surface area (Å²) in [7, 11) is 1.03. The molecule has 1 N–H and O–H groups in total. The zero-order valence-corrected chi connectivity index (χ0v) is 15.1. The fourth-order valence-electron chi connectivity index (χ4n) is 1.92. The predicted octanol–water partition coefficient (Wildman–Crippen LogP) is 3.90. The quantitative estimate of drug-likeness (QED) is 0.435. The molecule has 0 radical (unpaired) electrons. The molecule has 0 aliphatic rings. The van der Waals surface area contributed by atoms with Crippen molar-refractivity contribution in [3.05, 3.63) is 0 Å². The van der Waals surface area contributed by atoms with Crippen molar-refractivity contribution in [2.45, 2.75) is 71.1 Å². The van der Waals surface area contributed by atoms with Crippen molar-refractivity contribution in [3.63, 3.8) is 0 Å². The van der Waals surface area contributed by atoms with E-state index in [0.29, 0.717) is 0 Å². The molecule has 0 aromatic heterocycles. The fourth-order valence-corrected chi connectivity index (χ4v) is 1.92. The van der Waals surface area contributed by atoms with Crippen LogP contribution in [-0.2, 0) is 14.6 Å². The summed E-state index contributed by atoms with van der Waals surface area (Å²) in [6.45, 7) is 3.54. The molecule has 0 aromatic carbocycles. The minimum Gasteiger partial charge on any atom is -0.309 e. The molecular weight excluding hydrogens is 290 g/mol. The van der Waals surface area contributed by atoms with Crippen LogP contribution in [0.2, 0.25) is 0 Å². The van der Waals surface area contributed by atoms with Crippen LogP contribution in [0.1, 0.15) is 71.1 Å². The van der Waals surface area contributed by atoms with Crippen LogP contribution in [0.25, 0.3) is 0 Å². The Morgan fingerprint density at radius 3 is 1.48 bits per heavy atom. The normalized spacial score (nSPS) is 11.3. The van der Waals surface area contributed by atoms with Crippen molar-refractivity contribution in [2.75, 3.05) is 27.7 Å². The van der Waals surface area contributed by atoms with Gasteiger partial charge in [0.15, 0.2) is 0 Å². The van der Waals surface area contributed by atoms with Crippen molar-refractivity contribution in [2.24, 2.45) is 0 Å². The van der Waals surface area contributed by atoms with Gasteiger partial charge in [0.25, 0.3) is 0 Å². The largest absolute Gasteiger partial charge is 0.397 e. The van der Waals surface area contributed by atoms with Gasteiger partial charge in [-0.3, -0.25) is 8.74 Å². The van der Waals surface area contributed by atoms with Crippen molar-refractivity contribution in [3.8, 4) is 0 Å². The van der Waals surface area contributed by atoms with Crippen LogP contribution in [0.4, 0.5) is 0 Å².